The van der Waals surface area contributed by atoms with E-state index in [4.69, 9.17) is 9.29 Å². The van der Waals surface area contributed by atoms with Gasteiger partial charge in [-0.1, -0.05) is 12.1 Å². The molecular formula is C9H10O3S2. The van der Waals surface area contributed by atoms with Crippen molar-refractivity contribution in [2.45, 2.75) is 15.9 Å². The van der Waals surface area contributed by atoms with Crippen LogP contribution in [0.15, 0.2) is 34.1 Å². The first-order valence-electron chi connectivity index (χ1n) is 4.21. The van der Waals surface area contributed by atoms with Gasteiger partial charge in [0.05, 0.1) is 17.6 Å². The van der Waals surface area contributed by atoms with Crippen molar-refractivity contribution in [3.63, 3.8) is 0 Å². The van der Waals surface area contributed by atoms with Crippen LogP contribution in [-0.4, -0.2) is 27.2 Å². The Morgan fingerprint density at radius 2 is 2.29 bits per heavy atom. The highest BCUT2D eigenvalue weighted by Gasteiger charge is 2.22. The molecule has 0 aliphatic carbocycles. The molecule has 1 aliphatic heterocycles. The molecule has 1 saturated heterocycles. The summed E-state index contributed by atoms with van der Waals surface area (Å²) >= 11 is -0.329. The summed E-state index contributed by atoms with van der Waals surface area (Å²) in [5, 5.41) is 0. The highest BCUT2D eigenvalue weighted by Crippen LogP contribution is 2.28. The predicted molar refractivity (Wildman–Crippen MR) is 55.9 cm³/mol. The van der Waals surface area contributed by atoms with Gasteiger partial charge in [-0.2, -0.15) is 0 Å². The molecule has 0 amide bonds. The summed E-state index contributed by atoms with van der Waals surface area (Å²) in [6.07, 6.45) is 0.334. The van der Waals surface area contributed by atoms with Crippen molar-refractivity contribution in [1.29, 1.82) is 0 Å². The Hall–Kier alpha value is -0.360. The number of rotatable bonds is 4. The van der Waals surface area contributed by atoms with Crippen LogP contribution < -0.4 is 0 Å². The van der Waals surface area contributed by atoms with Crippen LogP contribution in [0.25, 0.3) is 0 Å². The van der Waals surface area contributed by atoms with E-state index in [1.165, 1.54) is 0 Å². The lowest BCUT2D eigenvalue weighted by Gasteiger charge is -2.03. The molecule has 2 unspecified atom stereocenters. The number of hydrogen-bond acceptors (Lipinski definition) is 3. The minimum absolute atomic E-state index is 0.334. The van der Waals surface area contributed by atoms with E-state index >= 15 is 0 Å². The first-order chi connectivity index (χ1) is 6.77. The third kappa shape index (κ3) is 2.57. The molecule has 1 fully saturated rings. The molecule has 76 valence electrons. The Morgan fingerprint density at radius 3 is 2.93 bits per heavy atom. The summed E-state index contributed by atoms with van der Waals surface area (Å²) in [6.45, 7) is 0.817. The average Bonchev–Trinajstić information content (AvgIpc) is 2.98. The van der Waals surface area contributed by atoms with Crippen molar-refractivity contribution in [2.75, 3.05) is 12.4 Å². The normalized spacial score (nSPS) is 21.9. The highest BCUT2D eigenvalue weighted by molar-refractivity contribution is 7.99. The summed E-state index contributed by atoms with van der Waals surface area (Å²) in [6, 6.07) is 7.16. The van der Waals surface area contributed by atoms with Gasteiger partial charge in [-0.25, -0.2) is 4.21 Å². The lowest BCUT2D eigenvalue weighted by Crippen LogP contribution is -1.94. The van der Waals surface area contributed by atoms with E-state index in [-0.39, 0.29) is 0 Å². The lowest BCUT2D eigenvalue weighted by molar-refractivity contribution is 0.426. The van der Waals surface area contributed by atoms with E-state index in [0.29, 0.717) is 11.0 Å². The molecule has 1 aliphatic rings. The van der Waals surface area contributed by atoms with Crippen molar-refractivity contribution in [1.82, 2.24) is 0 Å². The summed E-state index contributed by atoms with van der Waals surface area (Å²) < 4.78 is 25.0. The molecule has 1 aromatic rings. The first-order valence-corrected chi connectivity index (χ1v) is 6.31. The van der Waals surface area contributed by atoms with Crippen LogP contribution in [-0.2, 0) is 15.8 Å². The number of benzene rings is 1. The van der Waals surface area contributed by atoms with Crippen LogP contribution in [0.4, 0.5) is 0 Å². The van der Waals surface area contributed by atoms with E-state index in [0.717, 1.165) is 17.3 Å². The fraction of sp³-hybridized carbons (Fsp3) is 0.333. The zero-order valence-corrected chi connectivity index (χ0v) is 9.01. The molecule has 1 N–H and O–H groups in total. The Morgan fingerprint density at radius 1 is 1.57 bits per heavy atom. The van der Waals surface area contributed by atoms with Crippen molar-refractivity contribution < 1.29 is 13.5 Å². The van der Waals surface area contributed by atoms with Gasteiger partial charge in [0.25, 0.3) is 0 Å². The lowest BCUT2D eigenvalue weighted by atomic mass is 10.4. The summed E-state index contributed by atoms with van der Waals surface area (Å²) in [5.74, 6) is 0.855. The topological polar surface area (TPSA) is 49.8 Å². The second-order valence-corrected chi connectivity index (χ2v) is 4.96. The van der Waals surface area contributed by atoms with Gasteiger partial charge >= 0.3 is 0 Å². The van der Waals surface area contributed by atoms with E-state index in [2.05, 4.69) is 0 Å². The molecule has 0 saturated carbocycles. The Bertz CT molecular complexity index is 350. The second kappa shape index (κ2) is 4.44. The fourth-order valence-corrected chi connectivity index (χ4v) is 2.83. The zero-order valence-electron chi connectivity index (χ0n) is 7.38. The molecule has 2 atom stereocenters. The number of epoxide rings is 1. The molecule has 0 bridgehead atoms. The van der Waals surface area contributed by atoms with Crippen LogP contribution in [0.5, 0.6) is 0 Å². The Labute approximate surface area is 89.1 Å². The minimum atomic E-state index is -1.90. The van der Waals surface area contributed by atoms with E-state index in [1.807, 2.05) is 12.1 Å². The number of thioether (sulfide) groups is 1. The van der Waals surface area contributed by atoms with Gasteiger partial charge < -0.3 is 9.29 Å². The molecule has 1 aromatic carbocycles. The van der Waals surface area contributed by atoms with E-state index in [9.17, 15) is 4.21 Å². The first kappa shape index (κ1) is 10.2. The van der Waals surface area contributed by atoms with Crippen LogP contribution >= 0.6 is 11.8 Å². The van der Waals surface area contributed by atoms with Crippen molar-refractivity contribution >= 4 is 22.8 Å². The standard InChI is InChI=1S/C9H10O3S2/c10-14(11)9-4-2-1-3-8(9)13-6-7-5-12-7/h1-4,7H,5-6H2,(H,10,11). The molecule has 0 spiro atoms. The maximum atomic E-state index is 10.9. The molecule has 1 heterocycles. The molecule has 5 heteroatoms. The fourth-order valence-electron chi connectivity index (χ4n) is 1.06. The van der Waals surface area contributed by atoms with Gasteiger partial charge in [0, 0.05) is 10.6 Å². The Kier molecular flexibility index (Phi) is 3.22. The monoisotopic (exact) mass is 230 g/mol. The zero-order chi connectivity index (χ0) is 9.97. The molecular weight excluding hydrogens is 220 g/mol. The van der Waals surface area contributed by atoms with E-state index in [1.54, 1.807) is 23.9 Å². The maximum absolute atomic E-state index is 10.9. The van der Waals surface area contributed by atoms with Gasteiger partial charge in [-0.15, -0.1) is 11.8 Å². The highest BCUT2D eigenvalue weighted by atomic mass is 32.2. The summed E-state index contributed by atoms with van der Waals surface area (Å²) in [4.78, 5) is 1.35. The largest absolute Gasteiger partial charge is 0.372 e. The van der Waals surface area contributed by atoms with Crippen LogP contribution in [0.3, 0.4) is 0 Å². The smallest absolute Gasteiger partial charge is 0.187 e. The molecule has 14 heavy (non-hydrogen) atoms. The van der Waals surface area contributed by atoms with Crippen LogP contribution in [0, 0.1) is 0 Å². The minimum Gasteiger partial charge on any atom is -0.372 e. The van der Waals surface area contributed by atoms with Gasteiger partial charge in [-0.05, 0) is 12.1 Å². The van der Waals surface area contributed by atoms with Crippen molar-refractivity contribution in [2.24, 2.45) is 0 Å². The SMILES string of the molecule is O=S(O)c1ccccc1SCC1CO1. The van der Waals surface area contributed by atoms with E-state index < -0.39 is 11.1 Å². The third-order valence-electron chi connectivity index (χ3n) is 1.86. The maximum Gasteiger partial charge on any atom is 0.187 e. The number of ether oxygens (including phenoxy) is 1. The van der Waals surface area contributed by atoms with Crippen LogP contribution in [0.1, 0.15) is 0 Å². The van der Waals surface area contributed by atoms with Gasteiger partial charge in [0.2, 0.25) is 0 Å². The van der Waals surface area contributed by atoms with Crippen LogP contribution in [0.2, 0.25) is 0 Å². The molecule has 0 radical (unpaired) electrons. The molecule has 0 aromatic heterocycles. The molecule has 3 nitrogen and oxygen atoms in total. The van der Waals surface area contributed by atoms with Crippen molar-refractivity contribution in [3.05, 3.63) is 24.3 Å². The Balaban J connectivity index is 2.09. The predicted octanol–water partition coefficient (Wildman–Crippen LogP) is 1.76. The van der Waals surface area contributed by atoms with Gasteiger partial charge in [0.1, 0.15) is 0 Å². The van der Waals surface area contributed by atoms with Gasteiger partial charge in [-0.3, -0.25) is 0 Å². The third-order valence-corrected chi connectivity index (χ3v) is 3.93. The number of hydrogen-bond donors (Lipinski definition) is 1. The summed E-state index contributed by atoms with van der Waals surface area (Å²) in [7, 11) is 0. The quantitative estimate of drug-likeness (QED) is 0.486. The molecule has 2 rings (SSSR count). The van der Waals surface area contributed by atoms with Crippen molar-refractivity contribution in [3.8, 4) is 0 Å². The average molecular weight is 230 g/mol. The second-order valence-electron chi connectivity index (χ2n) is 2.96. The van der Waals surface area contributed by atoms with Gasteiger partial charge in [0.15, 0.2) is 11.1 Å². The summed E-state index contributed by atoms with van der Waals surface area (Å²) in [5.41, 5.74) is 0.